The van der Waals surface area contributed by atoms with Gasteiger partial charge in [0.1, 0.15) is 0 Å². The molecule has 20 heavy (non-hydrogen) atoms. The lowest BCUT2D eigenvalue weighted by Gasteiger charge is -2.19. The van der Waals surface area contributed by atoms with Crippen molar-refractivity contribution in [3.8, 4) is 0 Å². The summed E-state index contributed by atoms with van der Waals surface area (Å²) in [4.78, 5) is 12.1. The highest BCUT2D eigenvalue weighted by Gasteiger charge is 2.16. The molecule has 3 N–H and O–H groups in total. The van der Waals surface area contributed by atoms with Gasteiger partial charge in [0.2, 0.25) is 10.0 Å². The zero-order chi connectivity index (χ0) is 14.6. The van der Waals surface area contributed by atoms with Crippen LogP contribution in [0.3, 0.4) is 0 Å². The average molecular weight is 297 g/mol. The van der Waals surface area contributed by atoms with Crippen molar-refractivity contribution in [2.24, 2.45) is 0 Å². The Hall–Kier alpha value is -1.44. The van der Waals surface area contributed by atoms with Crippen LogP contribution in [0.5, 0.6) is 0 Å². The smallest absolute Gasteiger partial charge is 0.251 e. The van der Waals surface area contributed by atoms with Crippen molar-refractivity contribution in [3.63, 3.8) is 0 Å². The molecule has 0 aliphatic carbocycles. The normalized spacial score (nSPS) is 14.7. The minimum atomic E-state index is -3.21. The molecule has 0 unspecified atom stereocenters. The molecule has 6 nitrogen and oxygen atoms in total. The molecule has 0 fully saturated rings. The number of carbonyl (C=O) groups excluding carboxylic acids is 1. The Kier molecular flexibility index (Phi) is 4.74. The van der Waals surface area contributed by atoms with Crippen LogP contribution < -0.4 is 15.4 Å². The Morgan fingerprint density at radius 1 is 1.35 bits per heavy atom. The number of hydrogen-bond donors (Lipinski definition) is 3. The van der Waals surface area contributed by atoms with Gasteiger partial charge in [0.15, 0.2) is 0 Å². The minimum absolute atomic E-state index is 0.154. The van der Waals surface area contributed by atoms with Gasteiger partial charge in [-0.05, 0) is 30.2 Å². The molecule has 110 valence electrons. The van der Waals surface area contributed by atoms with Crippen LogP contribution in [-0.4, -0.2) is 40.2 Å². The van der Waals surface area contributed by atoms with Gasteiger partial charge in [-0.15, -0.1) is 0 Å². The summed E-state index contributed by atoms with van der Waals surface area (Å²) in [6.45, 7) is 2.12. The van der Waals surface area contributed by atoms with E-state index in [-0.39, 0.29) is 19.0 Å². The van der Waals surface area contributed by atoms with Crippen LogP contribution in [0.25, 0.3) is 0 Å². The van der Waals surface area contributed by atoms with E-state index in [1.807, 2.05) is 18.2 Å². The third-order valence-electron chi connectivity index (χ3n) is 3.16. The highest BCUT2D eigenvalue weighted by Crippen LogP contribution is 2.18. The van der Waals surface area contributed by atoms with E-state index < -0.39 is 10.0 Å². The molecule has 0 atom stereocenters. The first kappa shape index (κ1) is 15.0. The number of hydrogen-bond acceptors (Lipinski definition) is 4. The quantitative estimate of drug-likeness (QED) is 0.646. The summed E-state index contributed by atoms with van der Waals surface area (Å²) in [5.74, 6) is -0.154. The molecule has 0 saturated heterocycles. The molecular weight excluding hydrogens is 278 g/mol. The van der Waals surface area contributed by atoms with Crippen LogP contribution >= 0.6 is 0 Å². The highest BCUT2D eigenvalue weighted by atomic mass is 32.2. The monoisotopic (exact) mass is 297 g/mol. The van der Waals surface area contributed by atoms with Crippen molar-refractivity contribution in [2.75, 3.05) is 25.9 Å². The summed E-state index contributed by atoms with van der Waals surface area (Å²) < 4.78 is 24.2. The summed E-state index contributed by atoms with van der Waals surface area (Å²) in [7, 11) is -3.21. The molecule has 1 amide bonds. The van der Waals surface area contributed by atoms with Gasteiger partial charge in [0.05, 0.1) is 6.26 Å². The van der Waals surface area contributed by atoms with E-state index in [9.17, 15) is 13.2 Å². The van der Waals surface area contributed by atoms with Crippen LogP contribution in [-0.2, 0) is 23.0 Å². The third-order valence-corrected chi connectivity index (χ3v) is 3.89. The molecule has 0 bridgehead atoms. The second kappa shape index (κ2) is 6.34. The molecule has 1 aromatic carbocycles. The predicted molar refractivity (Wildman–Crippen MR) is 77.0 cm³/mol. The van der Waals surface area contributed by atoms with Crippen LogP contribution in [0.15, 0.2) is 18.2 Å². The topological polar surface area (TPSA) is 87.3 Å². The number of amides is 1. The van der Waals surface area contributed by atoms with E-state index in [0.29, 0.717) is 5.56 Å². The Balaban J connectivity index is 1.96. The van der Waals surface area contributed by atoms with Gasteiger partial charge in [-0.25, -0.2) is 13.1 Å². The predicted octanol–water partition coefficient (Wildman–Crippen LogP) is -0.389. The lowest BCUT2D eigenvalue weighted by atomic mass is 9.95. The highest BCUT2D eigenvalue weighted by molar-refractivity contribution is 7.88. The molecular formula is C13H19N3O3S. The van der Waals surface area contributed by atoms with Crippen molar-refractivity contribution in [3.05, 3.63) is 34.9 Å². The summed E-state index contributed by atoms with van der Waals surface area (Å²) in [6, 6.07) is 5.70. The number of carbonyl (C=O) groups is 1. The number of sulfonamides is 1. The lowest BCUT2D eigenvalue weighted by Crippen LogP contribution is -2.35. The molecule has 1 aliphatic heterocycles. The lowest BCUT2D eigenvalue weighted by molar-refractivity contribution is 0.0953. The fraction of sp³-hybridized carbons (Fsp3) is 0.462. The van der Waals surface area contributed by atoms with Crippen molar-refractivity contribution >= 4 is 15.9 Å². The maximum absolute atomic E-state index is 12.1. The van der Waals surface area contributed by atoms with E-state index in [4.69, 9.17) is 0 Å². The molecule has 2 rings (SSSR count). The first-order chi connectivity index (χ1) is 9.47. The third kappa shape index (κ3) is 4.03. The molecule has 1 aliphatic rings. The zero-order valence-electron chi connectivity index (χ0n) is 11.4. The van der Waals surface area contributed by atoms with Crippen molar-refractivity contribution in [1.29, 1.82) is 0 Å². The molecule has 7 heteroatoms. The van der Waals surface area contributed by atoms with Crippen molar-refractivity contribution in [2.45, 2.75) is 13.0 Å². The van der Waals surface area contributed by atoms with E-state index in [0.717, 1.165) is 36.9 Å². The van der Waals surface area contributed by atoms with Crippen molar-refractivity contribution < 1.29 is 13.2 Å². The Labute approximate surface area is 119 Å². The van der Waals surface area contributed by atoms with Gasteiger partial charge >= 0.3 is 0 Å². The number of nitrogens with one attached hydrogen (secondary N) is 3. The van der Waals surface area contributed by atoms with Crippen LogP contribution in [0.1, 0.15) is 21.5 Å². The van der Waals surface area contributed by atoms with E-state index in [1.165, 1.54) is 0 Å². The van der Waals surface area contributed by atoms with E-state index >= 15 is 0 Å². The summed E-state index contributed by atoms with van der Waals surface area (Å²) >= 11 is 0. The van der Waals surface area contributed by atoms with Crippen molar-refractivity contribution in [1.82, 2.24) is 15.4 Å². The SMILES string of the molecule is CS(=O)(=O)NCCNC(=O)c1cccc2c1CCNC2. The summed E-state index contributed by atoms with van der Waals surface area (Å²) in [5.41, 5.74) is 2.92. The molecule has 0 radical (unpaired) electrons. The fourth-order valence-electron chi connectivity index (χ4n) is 2.25. The van der Waals surface area contributed by atoms with E-state index in [1.54, 1.807) is 0 Å². The Morgan fingerprint density at radius 3 is 2.90 bits per heavy atom. The molecule has 0 spiro atoms. The van der Waals surface area contributed by atoms with Gasteiger partial charge in [-0.1, -0.05) is 12.1 Å². The maximum atomic E-state index is 12.1. The van der Waals surface area contributed by atoms with Crippen LogP contribution in [0, 0.1) is 0 Å². The minimum Gasteiger partial charge on any atom is -0.351 e. The molecule has 1 aromatic rings. The molecule has 0 aromatic heterocycles. The number of benzene rings is 1. The van der Waals surface area contributed by atoms with Crippen LogP contribution in [0.2, 0.25) is 0 Å². The summed E-state index contributed by atoms with van der Waals surface area (Å²) in [6.07, 6.45) is 1.93. The second-order valence-corrected chi connectivity index (χ2v) is 6.63. The Morgan fingerprint density at radius 2 is 2.15 bits per heavy atom. The maximum Gasteiger partial charge on any atom is 0.251 e. The molecule has 0 saturated carbocycles. The fourth-order valence-corrected chi connectivity index (χ4v) is 2.73. The van der Waals surface area contributed by atoms with E-state index in [2.05, 4.69) is 15.4 Å². The average Bonchev–Trinajstić information content (AvgIpc) is 2.41. The van der Waals surface area contributed by atoms with Gasteiger partial charge in [-0.3, -0.25) is 4.79 Å². The second-order valence-electron chi connectivity index (χ2n) is 4.79. The molecule has 1 heterocycles. The first-order valence-electron chi connectivity index (χ1n) is 6.52. The van der Waals surface area contributed by atoms with Gasteiger partial charge in [0, 0.05) is 25.2 Å². The van der Waals surface area contributed by atoms with Gasteiger partial charge < -0.3 is 10.6 Å². The van der Waals surface area contributed by atoms with Gasteiger partial charge in [0.25, 0.3) is 5.91 Å². The largest absolute Gasteiger partial charge is 0.351 e. The zero-order valence-corrected chi connectivity index (χ0v) is 12.2. The Bertz CT molecular complexity index is 599. The van der Waals surface area contributed by atoms with Crippen LogP contribution in [0.4, 0.5) is 0 Å². The number of rotatable bonds is 5. The number of fused-ring (bicyclic) bond motifs is 1. The summed E-state index contributed by atoms with van der Waals surface area (Å²) in [5, 5.41) is 6.00. The standard InChI is InChI=1S/C13H19N3O3S/c1-20(18,19)16-8-7-15-13(17)12-4-2-3-10-9-14-6-5-11(10)12/h2-4,14,16H,5-9H2,1H3,(H,15,17). The van der Waals surface area contributed by atoms with Gasteiger partial charge in [-0.2, -0.15) is 0 Å². The first-order valence-corrected chi connectivity index (χ1v) is 8.41.